The Hall–Kier alpha value is -0.780. The molecule has 18 heavy (non-hydrogen) atoms. The highest BCUT2D eigenvalue weighted by molar-refractivity contribution is 5.38. The first-order valence-electron chi connectivity index (χ1n) is 7.73. The molecule has 0 heterocycles. The minimum Gasteiger partial charge on any atom is -0.0587 e. The Balaban J connectivity index is 2.33. The number of benzene rings is 1. The number of hydrogen-bond acceptors (Lipinski definition) is 0. The summed E-state index contributed by atoms with van der Waals surface area (Å²) >= 11 is 0. The molecule has 0 nitrogen and oxygen atoms in total. The highest BCUT2D eigenvalue weighted by Crippen LogP contribution is 2.37. The lowest BCUT2D eigenvalue weighted by Crippen LogP contribution is -2.09. The predicted molar refractivity (Wildman–Crippen MR) is 80.4 cm³/mol. The van der Waals surface area contributed by atoms with Gasteiger partial charge in [0.25, 0.3) is 0 Å². The maximum Gasteiger partial charge on any atom is -0.0159 e. The van der Waals surface area contributed by atoms with E-state index in [2.05, 4.69) is 45.9 Å². The third kappa shape index (κ3) is 2.96. The van der Waals surface area contributed by atoms with Crippen LogP contribution in [0.2, 0.25) is 0 Å². The van der Waals surface area contributed by atoms with Crippen molar-refractivity contribution < 1.29 is 0 Å². The molecule has 0 heteroatoms. The lowest BCUT2D eigenvalue weighted by atomic mass is 9.79. The highest BCUT2D eigenvalue weighted by Gasteiger charge is 2.20. The predicted octanol–water partition coefficient (Wildman–Crippen LogP) is 5.98. The summed E-state index contributed by atoms with van der Waals surface area (Å²) in [5.41, 5.74) is 4.75. The Kier molecular flexibility index (Phi) is 4.48. The van der Waals surface area contributed by atoms with Crippen molar-refractivity contribution >= 4 is 0 Å². The van der Waals surface area contributed by atoms with Crippen LogP contribution in [-0.2, 0) is 0 Å². The van der Waals surface area contributed by atoms with Crippen molar-refractivity contribution in [2.45, 2.75) is 77.6 Å². The molecule has 100 valence electrons. The molecule has 0 unspecified atom stereocenters. The molecule has 0 atom stereocenters. The summed E-state index contributed by atoms with van der Waals surface area (Å²) < 4.78 is 0. The van der Waals surface area contributed by atoms with Crippen molar-refractivity contribution in [2.24, 2.45) is 0 Å². The van der Waals surface area contributed by atoms with Crippen LogP contribution in [0.5, 0.6) is 0 Å². The van der Waals surface area contributed by atoms with Gasteiger partial charge in [0.1, 0.15) is 0 Å². The van der Waals surface area contributed by atoms with Crippen molar-refractivity contribution in [3.05, 3.63) is 34.9 Å². The smallest absolute Gasteiger partial charge is 0.0159 e. The van der Waals surface area contributed by atoms with E-state index in [0.29, 0.717) is 11.8 Å². The molecule has 1 aromatic rings. The van der Waals surface area contributed by atoms with Crippen LogP contribution in [0.25, 0.3) is 0 Å². The first-order valence-corrected chi connectivity index (χ1v) is 7.73. The van der Waals surface area contributed by atoms with Crippen LogP contribution in [-0.4, -0.2) is 0 Å². The van der Waals surface area contributed by atoms with Gasteiger partial charge in [-0.1, -0.05) is 65.2 Å². The third-order valence-corrected chi connectivity index (χ3v) is 4.44. The summed E-state index contributed by atoms with van der Waals surface area (Å²) in [6.45, 7) is 9.26. The van der Waals surface area contributed by atoms with Crippen LogP contribution in [0, 0.1) is 0 Å². The van der Waals surface area contributed by atoms with Gasteiger partial charge in [-0.3, -0.25) is 0 Å². The summed E-state index contributed by atoms with van der Waals surface area (Å²) in [5.74, 6) is 2.13. The first-order chi connectivity index (χ1) is 8.59. The lowest BCUT2D eigenvalue weighted by molar-refractivity contribution is 0.440. The number of hydrogen-bond donors (Lipinski definition) is 0. The van der Waals surface area contributed by atoms with Gasteiger partial charge in [-0.15, -0.1) is 0 Å². The minimum absolute atomic E-state index is 0.642. The van der Waals surface area contributed by atoms with Crippen LogP contribution < -0.4 is 0 Å². The van der Waals surface area contributed by atoms with Gasteiger partial charge in [-0.05, 0) is 47.3 Å². The van der Waals surface area contributed by atoms with E-state index in [0.717, 1.165) is 5.92 Å². The topological polar surface area (TPSA) is 0 Å². The maximum atomic E-state index is 2.47. The Labute approximate surface area is 113 Å². The summed E-state index contributed by atoms with van der Waals surface area (Å²) in [6.07, 6.45) is 7.10. The largest absolute Gasteiger partial charge is 0.0587 e. The molecule has 0 radical (unpaired) electrons. The van der Waals surface area contributed by atoms with E-state index in [1.165, 1.54) is 37.7 Å². The van der Waals surface area contributed by atoms with E-state index in [9.17, 15) is 0 Å². The van der Waals surface area contributed by atoms with Crippen molar-refractivity contribution in [1.82, 2.24) is 0 Å². The van der Waals surface area contributed by atoms with Crippen LogP contribution >= 0.6 is 0 Å². The zero-order valence-corrected chi connectivity index (χ0v) is 12.5. The van der Waals surface area contributed by atoms with E-state index in [-0.39, 0.29) is 0 Å². The molecular weight excluding hydrogens is 216 g/mol. The Morgan fingerprint density at radius 3 is 2.11 bits per heavy atom. The maximum absolute atomic E-state index is 2.47. The Morgan fingerprint density at radius 1 is 0.889 bits per heavy atom. The SMILES string of the molecule is CC(C)c1ccc(C2CCCCC2)c(C(C)C)c1. The van der Waals surface area contributed by atoms with E-state index < -0.39 is 0 Å². The van der Waals surface area contributed by atoms with Gasteiger partial charge in [-0.2, -0.15) is 0 Å². The molecule has 0 aromatic heterocycles. The highest BCUT2D eigenvalue weighted by atomic mass is 14.2. The fraction of sp³-hybridized carbons (Fsp3) is 0.667. The molecule has 0 bridgehead atoms. The average Bonchev–Trinajstić information content (AvgIpc) is 2.39. The van der Waals surface area contributed by atoms with Gasteiger partial charge in [-0.25, -0.2) is 0 Å². The monoisotopic (exact) mass is 244 g/mol. The molecule has 1 aromatic carbocycles. The molecular formula is C18H28. The molecule has 0 aliphatic heterocycles. The summed E-state index contributed by atoms with van der Waals surface area (Å²) in [7, 11) is 0. The minimum atomic E-state index is 0.642. The molecule has 1 fully saturated rings. The van der Waals surface area contributed by atoms with Crippen LogP contribution in [0.15, 0.2) is 18.2 Å². The summed E-state index contributed by atoms with van der Waals surface area (Å²) in [6, 6.07) is 7.26. The fourth-order valence-corrected chi connectivity index (χ4v) is 3.24. The zero-order chi connectivity index (χ0) is 13.1. The van der Waals surface area contributed by atoms with Gasteiger partial charge in [0.15, 0.2) is 0 Å². The van der Waals surface area contributed by atoms with Gasteiger partial charge < -0.3 is 0 Å². The van der Waals surface area contributed by atoms with E-state index in [1.807, 2.05) is 0 Å². The zero-order valence-electron chi connectivity index (χ0n) is 12.5. The van der Waals surface area contributed by atoms with E-state index >= 15 is 0 Å². The van der Waals surface area contributed by atoms with Gasteiger partial charge in [0.05, 0.1) is 0 Å². The van der Waals surface area contributed by atoms with Gasteiger partial charge >= 0.3 is 0 Å². The number of rotatable bonds is 3. The molecule has 0 spiro atoms. The lowest BCUT2D eigenvalue weighted by Gasteiger charge is -2.26. The molecule has 0 N–H and O–H groups in total. The second kappa shape index (κ2) is 5.91. The van der Waals surface area contributed by atoms with E-state index in [1.54, 1.807) is 11.1 Å². The van der Waals surface area contributed by atoms with Crippen molar-refractivity contribution in [3.63, 3.8) is 0 Å². The van der Waals surface area contributed by atoms with Gasteiger partial charge in [0.2, 0.25) is 0 Å². The van der Waals surface area contributed by atoms with Crippen molar-refractivity contribution in [3.8, 4) is 0 Å². The molecule has 0 amide bonds. The van der Waals surface area contributed by atoms with Crippen LogP contribution in [0.1, 0.15) is 94.2 Å². The normalized spacial score (nSPS) is 17.7. The molecule has 1 saturated carbocycles. The average molecular weight is 244 g/mol. The summed E-state index contributed by atoms with van der Waals surface area (Å²) in [5, 5.41) is 0. The molecule has 2 rings (SSSR count). The second-order valence-electron chi connectivity index (χ2n) is 6.53. The van der Waals surface area contributed by atoms with Crippen molar-refractivity contribution in [2.75, 3.05) is 0 Å². The Bertz CT molecular complexity index is 381. The van der Waals surface area contributed by atoms with Crippen molar-refractivity contribution in [1.29, 1.82) is 0 Å². The quantitative estimate of drug-likeness (QED) is 0.613. The standard InChI is InChI=1S/C18H28/c1-13(2)16-10-11-17(18(12-16)14(3)4)15-8-6-5-7-9-15/h10-15H,5-9H2,1-4H3. The molecule has 0 saturated heterocycles. The van der Waals surface area contributed by atoms with Gasteiger partial charge in [0, 0.05) is 0 Å². The Morgan fingerprint density at radius 2 is 1.56 bits per heavy atom. The third-order valence-electron chi connectivity index (χ3n) is 4.44. The molecule has 1 aliphatic rings. The summed E-state index contributed by atoms with van der Waals surface area (Å²) in [4.78, 5) is 0. The molecule has 1 aliphatic carbocycles. The van der Waals surface area contributed by atoms with Crippen LogP contribution in [0.4, 0.5) is 0 Å². The van der Waals surface area contributed by atoms with E-state index in [4.69, 9.17) is 0 Å². The first kappa shape index (κ1) is 13.6. The second-order valence-corrected chi connectivity index (χ2v) is 6.53. The van der Waals surface area contributed by atoms with Crippen LogP contribution in [0.3, 0.4) is 0 Å². The fourth-order valence-electron chi connectivity index (χ4n) is 3.24.